The van der Waals surface area contributed by atoms with Gasteiger partial charge in [-0.15, -0.1) is 0 Å². The molecule has 0 aromatic heterocycles. The van der Waals surface area contributed by atoms with Crippen molar-refractivity contribution in [2.45, 2.75) is 54.0 Å². The molecule has 0 atom stereocenters. The zero-order valence-corrected chi connectivity index (χ0v) is 12.1. The van der Waals surface area contributed by atoms with Crippen molar-refractivity contribution in [3.05, 3.63) is 34.4 Å². The largest absolute Gasteiger partial charge is 0.313 e. The number of hydrogen-bond acceptors (Lipinski definition) is 1. The Morgan fingerprint density at radius 1 is 1.06 bits per heavy atom. The molecule has 1 N–H and O–H groups in total. The lowest BCUT2D eigenvalue weighted by Gasteiger charge is -2.12. The van der Waals surface area contributed by atoms with Gasteiger partial charge in [-0.1, -0.05) is 31.5 Å². The molecule has 0 amide bonds. The van der Waals surface area contributed by atoms with Crippen molar-refractivity contribution in [2.24, 2.45) is 5.92 Å². The zero-order chi connectivity index (χ0) is 12.8. The standard InChI is InChI=1S/C16H27N/c1-12(2)7-6-8-17-11-16-14(4)9-13(3)10-15(16)5/h9-10,12,17H,6-8,11H2,1-5H3. The summed E-state index contributed by atoms with van der Waals surface area (Å²) in [5.74, 6) is 0.819. The van der Waals surface area contributed by atoms with E-state index in [-0.39, 0.29) is 0 Å². The van der Waals surface area contributed by atoms with Crippen molar-refractivity contribution < 1.29 is 0 Å². The second kappa shape index (κ2) is 6.80. The van der Waals surface area contributed by atoms with Crippen LogP contribution in [-0.2, 0) is 6.54 Å². The summed E-state index contributed by atoms with van der Waals surface area (Å²) in [5.41, 5.74) is 5.67. The monoisotopic (exact) mass is 233 g/mol. The van der Waals surface area contributed by atoms with Gasteiger partial charge in [-0.05, 0) is 62.8 Å². The Hall–Kier alpha value is -0.820. The maximum absolute atomic E-state index is 3.56. The van der Waals surface area contributed by atoms with Crippen molar-refractivity contribution in [3.63, 3.8) is 0 Å². The van der Waals surface area contributed by atoms with Crippen molar-refractivity contribution in [1.82, 2.24) is 5.32 Å². The lowest BCUT2D eigenvalue weighted by molar-refractivity contribution is 0.527. The smallest absolute Gasteiger partial charge is 0.0210 e. The van der Waals surface area contributed by atoms with Crippen LogP contribution in [-0.4, -0.2) is 6.54 Å². The molecule has 0 saturated heterocycles. The van der Waals surface area contributed by atoms with E-state index in [9.17, 15) is 0 Å². The van der Waals surface area contributed by atoms with Crippen LogP contribution in [0.3, 0.4) is 0 Å². The van der Waals surface area contributed by atoms with Crippen molar-refractivity contribution in [1.29, 1.82) is 0 Å². The van der Waals surface area contributed by atoms with E-state index in [1.54, 1.807) is 0 Å². The molecule has 96 valence electrons. The summed E-state index contributed by atoms with van der Waals surface area (Å²) in [6, 6.07) is 4.55. The highest BCUT2D eigenvalue weighted by Gasteiger charge is 2.03. The van der Waals surface area contributed by atoms with E-state index in [1.807, 2.05) is 0 Å². The Balaban J connectivity index is 2.42. The average molecular weight is 233 g/mol. The molecular weight excluding hydrogens is 206 g/mol. The number of hydrogen-bond donors (Lipinski definition) is 1. The number of nitrogens with one attached hydrogen (secondary N) is 1. The molecule has 0 aliphatic carbocycles. The Kier molecular flexibility index (Phi) is 5.70. The molecule has 0 spiro atoms. The van der Waals surface area contributed by atoms with Crippen molar-refractivity contribution >= 4 is 0 Å². The number of aryl methyl sites for hydroxylation is 3. The highest BCUT2D eigenvalue weighted by molar-refractivity contribution is 5.37. The minimum atomic E-state index is 0.819. The Morgan fingerprint density at radius 2 is 1.65 bits per heavy atom. The SMILES string of the molecule is Cc1cc(C)c(CNCCCC(C)C)c(C)c1. The summed E-state index contributed by atoms with van der Waals surface area (Å²) in [7, 11) is 0. The second-order valence-corrected chi connectivity index (χ2v) is 5.59. The summed E-state index contributed by atoms with van der Waals surface area (Å²) in [6.07, 6.45) is 2.60. The van der Waals surface area contributed by atoms with Gasteiger partial charge in [0.05, 0.1) is 0 Å². The first-order valence-corrected chi connectivity index (χ1v) is 6.78. The molecule has 17 heavy (non-hydrogen) atoms. The highest BCUT2D eigenvalue weighted by atomic mass is 14.8. The van der Waals surface area contributed by atoms with Gasteiger partial charge < -0.3 is 5.32 Å². The van der Waals surface area contributed by atoms with Crippen LogP contribution >= 0.6 is 0 Å². The van der Waals surface area contributed by atoms with Gasteiger partial charge in [0.2, 0.25) is 0 Å². The maximum atomic E-state index is 3.56. The molecule has 0 bridgehead atoms. The summed E-state index contributed by atoms with van der Waals surface area (Å²) >= 11 is 0. The molecule has 0 aliphatic rings. The highest BCUT2D eigenvalue weighted by Crippen LogP contribution is 2.16. The Labute approximate surface area is 107 Å². The summed E-state index contributed by atoms with van der Waals surface area (Å²) in [4.78, 5) is 0. The van der Waals surface area contributed by atoms with Crippen LogP contribution in [0.1, 0.15) is 48.9 Å². The van der Waals surface area contributed by atoms with Crippen LogP contribution in [0.15, 0.2) is 12.1 Å². The quantitative estimate of drug-likeness (QED) is 0.728. The molecule has 0 fully saturated rings. The zero-order valence-electron chi connectivity index (χ0n) is 12.1. The average Bonchev–Trinajstić information content (AvgIpc) is 2.20. The van der Waals surface area contributed by atoms with Gasteiger partial charge in [-0.2, -0.15) is 0 Å². The molecule has 0 aliphatic heterocycles. The predicted molar refractivity (Wildman–Crippen MR) is 76.4 cm³/mol. The summed E-state index contributed by atoms with van der Waals surface area (Å²) in [5, 5.41) is 3.56. The van der Waals surface area contributed by atoms with E-state index in [0.29, 0.717) is 0 Å². The van der Waals surface area contributed by atoms with Crippen LogP contribution in [0.5, 0.6) is 0 Å². The third-order valence-corrected chi connectivity index (χ3v) is 3.28. The molecular formula is C16H27N. The van der Waals surface area contributed by atoms with Crippen LogP contribution in [0, 0.1) is 26.7 Å². The minimum Gasteiger partial charge on any atom is -0.313 e. The molecule has 1 rings (SSSR count). The van der Waals surface area contributed by atoms with Gasteiger partial charge in [-0.3, -0.25) is 0 Å². The van der Waals surface area contributed by atoms with Gasteiger partial charge in [0.25, 0.3) is 0 Å². The Morgan fingerprint density at radius 3 is 2.18 bits per heavy atom. The fourth-order valence-electron chi connectivity index (χ4n) is 2.34. The van der Waals surface area contributed by atoms with Crippen LogP contribution in [0.25, 0.3) is 0 Å². The molecule has 0 radical (unpaired) electrons. The van der Waals surface area contributed by atoms with Crippen molar-refractivity contribution in [2.75, 3.05) is 6.54 Å². The van der Waals surface area contributed by atoms with E-state index in [0.717, 1.165) is 19.0 Å². The van der Waals surface area contributed by atoms with Crippen molar-refractivity contribution in [3.8, 4) is 0 Å². The molecule has 0 heterocycles. The van der Waals surface area contributed by atoms with Crippen LogP contribution in [0.4, 0.5) is 0 Å². The number of rotatable bonds is 6. The molecule has 1 aromatic rings. The molecule has 0 unspecified atom stereocenters. The second-order valence-electron chi connectivity index (χ2n) is 5.59. The Bertz CT molecular complexity index is 330. The summed E-state index contributed by atoms with van der Waals surface area (Å²) < 4.78 is 0. The van der Waals surface area contributed by atoms with Crippen LogP contribution in [0.2, 0.25) is 0 Å². The molecule has 1 nitrogen and oxygen atoms in total. The lowest BCUT2D eigenvalue weighted by atomic mass is 10.00. The van der Waals surface area contributed by atoms with Gasteiger partial charge >= 0.3 is 0 Å². The van der Waals surface area contributed by atoms with Crippen LogP contribution < -0.4 is 5.32 Å². The lowest BCUT2D eigenvalue weighted by Crippen LogP contribution is -2.16. The molecule has 0 saturated carbocycles. The number of benzene rings is 1. The third-order valence-electron chi connectivity index (χ3n) is 3.28. The van der Waals surface area contributed by atoms with E-state index in [1.165, 1.54) is 35.1 Å². The fourth-order valence-corrected chi connectivity index (χ4v) is 2.34. The van der Waals surface area contributed by atoms with E-state index >= 15 is 0 Å². The van der Waals surface area contributed by atoms with Gasteiger partial charge in [0.1, 0.15) is 0 Å². The summed E-state index contributed by atoms with van der Waals surface area (Å²) in [6.45, 7) is 13.3. The normalized spacial score (nSPS) is 11.2. The first kappa shape index (κ1) is 14.2. The molecule has 1 heteroatoms. The van der Waals surface area contributed by atoms with E-state index < -0.39 is 0 Å². The van der Waals surface area contributed by atoms with Gasteiger partial charge in [0, 0.05) is 6.54 Å². The van der Waals surface area contributed by atoms with Gasteiger partial charge in [0.15, 0.2) is 0 Å². The van der Waals surface area contributed by atoms with E-state index in [4.69, 9.17) is 0 Å². The molecule has 1 aromatic carbocycles. The first-order valence-electron chi connectivity index (χ1n) is 6.78. The maximum Gasteiger partial charge on any atom is 0.0210 e. The topological polar surface area (TPSA) is 12.0 Å². The van der Waals surface area contributed by atoms with E-state index in [2.05, 4.69) is 52.1 Å². The predicted octanol–water partition coefficient (Wildman–Crippen LogP) is 4.14. The fraction of sp³-hybridized carbons (Fsp3) is 0.625. The third kappa shape index (κ3) is 4.91. The van der Waals surface area contributed by atoms with Gasteiger partial charge in [-0.25, -0.2) is 0 Å². The first-order chi connectivity index (χ1) is 8.00. The minimum absolute atomic E-state index is 0.819.